The van der Waals surface area contributed by atoms with Gasteiger partial charge in [0.1, 0.15) is 0 Å². The number of hydrogen-bond acceptors (Lipinski definition) is 2. The highest BCUT2D eigenvalue weighted by molar-refractivity contribution is 5.94. The van der Waals surface area contributed by atoms with Gasteiger partial charge in [0.15, 0.2) is 0 Å². The maximum absolute atomic E-state index is 4.70. The van der Waals surface area contributed by atoms with Gasteiger partial charge in [0, 0.05) is 11.6 Å². The van der Waals surface area contributed by atoms with E-state index < -0.39 is 0 Å². The van der Waals surface area contributed by atoms with Crippen molar-refractivity contribution in [2.45, 2.75) is 45.1 Å². The van der Waals surface area contributed by atoms with Gasteiger partial charge in [0.05, 0.1) is 34.7 Å². The maximum atomic E-state index is 4.70. The number of aromatic nitrogens is 4. The van der Waals surface area contributed by atoms with Crippen molar-refractivity contribution < 1.29 is 0 Å². The Morgan fingerprint density at radius 3 is 2.80 bits per heavy atom. The molecule has 1 aliphatic carbocycles. The summed E-state index contributed by atoms with van der Waals surface area (Å²) in [5.74, 6) is 0. The second-order valence-electron chi connectivity index (χ2n) is 7.26. The van der Waals surface area contributed by atoms with Gasteiger partial charge in [-0.3, -0.25) is 0 Å². The van der Waals surface area contributed by atoms with Gasteiger partial charge in [-0.15, -0.1) is 0 Å². The molecule has 0 saturated heterocycles. The number of nitrogens with zero attached hydrogens (tertiary/aromatic N) is 3. The molecule has 0 amide bonds. The van der Waals surface area contributed by atoms with Crippen molar-refractivity contribution in [1.82, 2.24) is 19.5 Å². The molecule has 0 radical (unpaired) electrons. The average Bonchev–Trinajstić information content (AvgIpc) is 3.27. The number of hydrogen-bond donors (Lipinski definition) is 1. The molecule has 0 spiro atoms. The first kappa shape index (κ1) is 14.7. The molecule has 2 heterocycles. The lowest BCUT2D eigenvalue weighted by Crippen LogP contribution is -2.11. The number of fused-ring (bicyclic) bond motifs is 2. The van der Waals surface area contributed by atoms with E-state index in [0.717, 1.165) is 16.6 Å². The summed E-state index contributed by atoms with van der Waals surface area (Å²) >= 11 is 0. The van der Waals surface area contributed by atoms with Crippen LogP contribution in [0.4, 0.5) is 0 Å². The van der Waals surface area contributed by atoms with Crippen molar-refractivity contribution in [3.05, 3.63) is 48.5 Å². The van der Waals surface area contributed by atoms with Crippen LogP contribution in [0.3, 0.4) is 0 Å². The van der Waals surface area contributed by atoms with Crippen LogP contribution in [-0.4, -0.2) is 19.5 Å². The number of H-pyrrole nitrogens is 1. The van der Waals surface area contributed by atoms with Gasteiger partial charge in [0.25, 0.3) is 0 Å². The van der Waals surface area contributed by atoms with Gasteiger partial charge in [-0.05, 0) is 55.2 Å². The van der Waals surface area contributed by atoms with Crippen LogP contribution in [0, 0.1) is 6.92 Å². The quantitative estimate of drug-likeness (QED) is 0.535. The molecule has 0 unspecified atom stereocenters. The molecule has 2 aromatic heterocycles. The van der Waals surface area contributed by atoms with Crippen molar-refractivity contribution in [2.75, 3.05) is 0 Å². The first-order valence-corrected chi connectivity index (χ1v) is 9.20. The Bertz CT molecular complexity index is 1050. The van der Waals surface area contributed by atoms with E-state index in [1.807, 2.05) is 6.33 Å². The Kier molecular flexibility index (Phi) is 3.37. The third-order valence-electron chi connectivity index (χ3n) is 5.52. The maximum Gasteiger partial charge on any atom is 0.0961 e. The third kappa shape index (κ3) is 2.44. The first-order chi connectivity index (χ1) is 12.3. The predicted octanol–water partition coefficient (Wildman–Crippen LogP) is 5.39. The third-order valence-corrected chi connectivity index (χ3v) is 5.52. The van der Waals surface area contributed by atoms with Gasteiger partial charge >= 0.3 is 0 Å². The van der Waals surface area contributed by atoms with E-state index in [2.05, 4.69) is 51.8 Å². The molecule has 2 aromatic carbocycles. The minimum atomic E-state index is 0.613. The highest BCUT2D eigenvalue weighted by Gasteiger charge is 2.18. The number of imidazole rings is 2. The van der Waals surface area contributed by atoms with Crippen LogP contribution in [0.5, 0.6) is 0 Å². The number of nitrogens with one attached hydrogen (secondary N) is 1. The van der Waals surface area contributed by atoms with E-state index in [1.54, 1.807) is 6.33 Å². The number of rotatable bonds is 2. The fraction of sp³-hybridized carbons (Fsp3) is 0.333. The van der Waals surface area contributed by atoms with Crippen molar-refractivity contribution in [3.8, 4) is 11.1 Å². The normalized spacial score (nSPS) is 16.0. The second kappa shape index (κ2) is 5.73. The molecule has 0 bridgehead atoms. The Labute approximate surface area is 146 Å². The minimum Gasteiger partial charge on any atom is -0.345 e. The standard InChI is InChI=1S/C21H22N4/c1-14-9-17(21-19(10-14)22-12-23-21)15-7-8-20-18(11-15)24-13-25(20)16-5-3-2-4-6-16/h7-13,16H,2-6H2,1H3,(H,22,23). The summed E-state index contributed by atoms with van der Waals surface area (Å²) in [6, 6.07) is 11.6. The second-order valence-corrected chi connectivity index (χ2v) is 7.26. The average molecular weight is 330 g/mol. The van der Waals surface area contributed by atoms with E-state index in [4.69, 9.17) is 4.98 Å². The lowest BCUT2D eigenvalue weighted by atomic mass is 9.95. The van der Waals surface area contributed by atoms with Crippen LogP contribution in [0.15, 0.2) is 43.0 Å². The predicted molar refractivity (Wildman–Crippen MR) is 102 cm³/mol. The SMILES string of the molecule is Cc1cc(-c2ccc3c(c2)ncn3C2CCCCC2)c2nc[nH]c2c1. The molecule has 1 N–H and O–H groups in total. The van der Waals surface area contributed by atoms with Crippen LogP contribution >= 0.6 is 0 Å². The Balaban J connectivity index is 1.62. The van der Waals surface area contributed by atoms with Crippen LogP contribution in [0.1, 0.15) is 43.7 Å². The first-order valence-electron chi connectivity index (χ1n) is 9.20. The van der Waals surface area contributed by atoms with Gasteiger partial charge in [0.2, 0.25) is 0 Å². The zero-order valence-electron chi connectivity index (χ0n) is 14.5. The Hall–Kier alpha value is -2.62. The summed E-state index contributed by atoms with van der Waals surface area (Å²) in [5, 5.41) is 0. The molecule has 1 saturated carbocycles. The molecule has 1 aliphatic rings. The van der Waals surface area contributed by atoms with E-state index in [1.165, 1.54) is 54.3 Å². The fourth-order valence-corrected chi connectivity index (χ4v) is 4.26. The summed E-state index contributed by atoms with van der Waals surface area (Å²) < 4.78 is 2.39. The van der Waals surface area contributed by atoms with Gasteiger partial charge in [-0.1, -0.05) is 25.3 Å². The number of benzene rings is 2. The van der Waals surface area contributed by atoms with Crippen molar-refractivity contribution >= 4 is 22.1 Å². The molecule has 5 rings (SSSR count). The van der Waals surface area contributed by atoms with Gasteiger partial charge in [-0.2, -0.15) is 0 Å². The van der Waals surface area contributed by atoms with E-state index >= 15 is 0 Å². The van der Waals surface area contributed by atoms with E-state index in [-0.39, 0.29) is 0 Å². The largest absolute Gasteiger partial charge is 0.345 e. The molecule has 0 atom stereocenters. The molecule has 1 fully saturated rings. The van der Waals surface area contributed by atoms with Crippen LogP contribution in [-0.2, 0) is 0 Å². The lowest BCUT2D eigenvalue weighted by Gasteiger charge is -2.23. The van der Waals surface area contributed by atoms with Gasteiger partial charge in [-0.25, -0.2) is 9.97 Å². The Morgan fingerprint density at radius 2 is 1.92 bits per heavy atom. The summed E-state index contributed by atoms with van der Waals surface area (Å²) in [6.07, 6.45) is 10.4. The lowest BCUT2D eigenvalue weighted by molar-refractivity contribution is 0.359. The van der Waals surface area contributed by atoms with Gasteiger partial charge < -0.3 is 9.55 Å². The molecule has 0 aliphatic heterocycles. The summed E-state index contributed by atoms with van der Waals surface area (Å²) in [6.45, 7) is 2.13. The van der Waals surface area contributed by atoms with Crippen molar-refractivity contribution in [3.63, 3.8) is 0 Å². The molecule has 4 aromatic rings. The molecular formula is C21H22N4. The zero-order chi connectivity index (χ0) is 16.8. The van der Waals surface area contributed by atoms with E-state index in [9.17, 15) is 0 Å². The Morgan fingerprint density at radius 1 is 1.04 bits per heavy atom. The van der Waals surface area contributed by atoms with Crippen molar-refractivity contribution in [1.29, 1.82) is 0 Å². The fourth-order valence-electron chi connectivity index (χ4n) is 4.26. The monoisotopic (exact) mass is 330 g/mol. The van der Waals surface area contributed by atoms with E-state index in [0.29, 0.717) is 6.04 Å². The molecule has 4 nitrogen and oxygen atoms in total. The summed E-state index contributed by atoms with van der Waals surface area (Å²) in [7, 11) is 0. The molecule has 4 heteroatoms. The highest BCUT2D eigenvalue weighted by atomic mass is 15.1. The smallest absolute Gasteiger partial charge is 0.0961 e. The summed E-state index contributed by atoms with van der Waals surface area (Å²) in [4.78, 5) is 12.4. The summed E-state index contributed by atoms with van der Waals surface area (Å²) in [5.41, 5.74) is 8.03. The zero-order valence-corrected chi connectivity index (χ0v) is 14.5. The van der Waals surface area contributed by atoms with Crippen LogP contribution in [0.25, 0.3) is 33.2 Å². The molecule has 25 heavy (non-hydrogen) atoms. The van der Waals surface area contributed by atoms with Crippen LogP contribution in [0.2, 0.25) is 0 Å². The number of aromatic amines is 1. The highest BCUT2D eigenvalue weighted by Crippen LogP contribution is 2.33. The number of aryl methyl sites for hydroxylation is 1. The van der Waals surface area contributed by atoms with Crippen LogP contribution < -0.4 is 0 Å². The topological polar surface area (TPSA) is 46.5 Å². The minimum absolute atomic E-state index is 0.613. The van der Waals surface area contributed by atoms with Crippen molar-refractivity contribution in [2.24, 2.45) is 0 Å². The molecular weight excluding hydrogens is 308 g/mol. The molecule has 126 valence electrons.